The molecule has 0 unspecified atom stereocenters. The number of anilines is 1. The summed E-state index contributed by atoms with van der Waals surface area (Å²) in [6.07, 6.45) is 1.58. The zero-order chi connectivity index (χ0) is 12.3. The Balaban J connectivity index is 2.34. The van der Waals surface area contributed by atoms with Crippen molar-refractivity contribution in [1.82, 2.24) is 9.97 Å². The Hall–Kier alpha value is -2.08. The highest BCUT2D eigenvalue weighted by Crippen LogP contribution is 2.29. The highest BCUT2D eigenvalue weighted by molar-refractivity contribution is 7.80. The molecular weight excluding hydrogens is 236 g/mol. The second-order valence-electron chi connectivity index (χ2n) is 3.25. The third-order valence-electron chi connectivity index (χ3n) is 2.02. The van der Waals surface area contributed by atoms with Gasteiger partial charge in [0, 0.05) is 6.21 Å². The molecule has 0 aliphatic rings. The van der Waals surface area contributed by atoms with Crippen molar-refractivity contribution < 1.29 is 5.11 Å². The minimum atomic E-state index is -0.283. The van der Waals surface area contributed by atoms with Crippen LogP contribution in [-0.4, -0.2) is 21.3 Å². The van der Waals surface area contributed by atoms with Crippen LogP contribution >= 0.6 is 12.6 Å². The summed E-state index contributed by atoms with van der Waals surface area (Å²) < 4.78 is 0. The van der Waals surface area contributed by atoms with Crippen molar-refractivity contribution in [2.45, 2.75) is 5.16 Å². The van der Waals surface area contributed by atoms with Gasteiger partial charge in [-0.15, -0.1) is 12.6 Å². The quantitative estimate of drug-likeness (QED) is 0.428. The van der Waals surface area contributed by atoms with Crippen molar-refractivity contribution in [3.8, 4) is 5.88 Å². The molecule has 1 heterocycles. The van der Waals surface area contributed by atoms with Crippen molar-refractivity contribution >= 4 is 30.3 Å². The Morgan fingerprint density at radius 3 is 2.59 bits per heavy atom. The molecule has 17 heavy (non-hydrogen) atoms. The minimum absolute atomic E-state index is 0.0923. The van der Waals surface area contributed by atoms with Gasteiger partial charge in [0.05, 0.1) is 0 Å². The summed E-state index contributed by atoms with van der Waals surface area (Å²) in [5.74, 6) is -0.190. The molecule has 0 aliphatic heterocycles. The molecule has 0 atom stereocenters. The molecule has 1 aromatic carbocycles. The van der Waals surface area contributed by atoms with Crippen molar-refractivity contribution in [2.24, 2.45) is 4.99 Å². The van der Waals surface area contributed by atoms with Crippen molar-refractivity contribution in [3.63, 3.8) is 0 Å². The van der Waals surface area contributed by atoms with E-state index in [-0.39, 0.29) is 22.5 Å². The summed E-state index contributed by atoms with van der Waals surface area (Å²) in [4.78, 5) is 11.5. The molecule has 6 heteroatoms. The van der Waals surface area contributed by atoms with Crippen LogP contribution in [0.4, 0.5) is 11.5 Å². The molecule has 1 aromatic heterocycles. The molecule has 0 fully saturated rings. The molecule has 0 bridgehead atoms. The van der Waals surface area contributed by atoms with Crippen LogP contribution in [0.2, 0.25) is 0 Å². The predicted molar refractivity (Wildman–Crippen MR) is 69.1 cm³/mol. The number of nitrogen functional groups attached to an aromatic ring is 1. The van der Waals surface area contributed by atoms with Crippen LogP contribution in [0.1, 0.15) is 5.56 Å². The van der Waals surface area contributed by atoms with Gasteiger partial charge in [-0.25, -0.2) is 9.98 Å². The number of rotatable bonds is 2. The Kier molecular flexibility index (Phi) is 3.24. The molecule has 2 aromatic rings. The molecule has 86 valence electrons. The fourth-order valence-electron chi connectivity index (χ4n) is 1.25. The lowest BCUT2D eigenvalue weighted by Gasteiger charge is -2.01. The lowest BCUT2D eigenvalue weighted by atomic mass is 10.2. The number of hydrogen-bond donors (Lipinski definition) is 3. The van der Waals surface area contributed by atoms with Crippen LogP contribution < -0.4 is 5.73 Å². The van der Waals surface area contributed by atoms with Crippen molar-refractivity contribution in [1.29, 1.82) is 0 Å². The van der Waals surface area contributed by atoms with Gasteiger partial charge in [0.15, 0.2) is 16.7 Å². The van der Waals surface area contributed by atoms with E-state index in [1.54, 1.807) is 6.21 Å². The number of nitrogens with zero attached hydrogens (tertiary/aromatic N) is 3. The predicted octanol–water partition coefficient (Wildman–Crippen LogP) is 1.80. The summed E-state index contributed by atoms with van der Waals surface area (Å²) in [5, 5.41) is 9.67. The van der Waals surface area contributed by atoms with E-state index in [0.29, 0.717) is 0 Å². The average Bonchev–Trinajstić information content (AvgIpc) is 2.29. The third-order valence-corrected chi connectivity index (χ3v) is 2.22. The number of hydrogen-bond acceptors (Lipinski definition) is 6. The average molecular weight is 246 g/mol. The van der Waals surface area contributed by atoms with E-state index in [2.05, 4.69) is 27.6 Å². The van der Waals surface area contributed by atoms with Crippen LogP contribution in [-0.2, 0) is 0 Å². The largest absolute Gasteiger partial charge is 0.492 e. The minimum Gasteiger partial charge on any atom is -0.492 e. The number of aromatic nitrogens is 2. The van der Waals surface area contributed by atoms with Crippen molar-refractivity contribution in [3.05, 3.63) is 35.9 Å². The van der Waals surface area contributed by atoms with E-state index >= 15 is 0 Å². The Morgan fingerprint density at radius 1 is 1.24 bits per heavy atom. The van der Waals surface area contributed by atoms with E-state index in [1.807, 2.05) is 30.3 Å². The molecule has 3 N–H and O–H groups in total. The Morgan fingerprint density at radius 2 is 1.94 bits per heavy atom. The van der Waals surface area contributed by atoms with Gasteiger partial charge in [0.2, 0.25) is 5.88 Å². The van der Waals surface area contributed by atoms with Crippen LogP contribution in [0.5, 0.6) is 5.88 Å². The topological polar surface area (TPSA) is 84.4 Å². The highest BCUT2D eigenvalue weighted by atomic mass is 32.1. The summed E-state index contributed by atoms with van der Waals surface area (Å²) in [6, 6.07) is 9.44. The molecule has 0 radical (unpaired) electrons. The fourth-order valence-corrected chi connectivity index (χ4v) is 1.45. The molecule has 0 spiro atoms. The van der Waals surface area contributed by atoms with Gasteiger partial charge < -0.3 is 10.8 Å². The number of benzene rings is 1. The first-order valence-electron chi connectivity index (χ1n) is 4.81. The second-order valence-corrected chi connectivity index (χ2v) is 3.65. The van der Waals surface area contributed by atoms with Crippen LogP contribution in [0.15, 0.2) is 40.5 Å². The van der Waals surface area contributed by atoms with Crippen LogP contribution in [0.3, 0.4) is 0 Å². The number of nitrogens with two attached hydrogens (primary N) is 1. The SMILES string of the molecule is Nc1nc(S)nc(O)c1/N=C/c1ccccc1. The van der Waals surface area contributed by atoms with Gasteiger partial charge >= 0.3 is 0 Å². The third kappa shape index (κ3) is 2.73. The standard InChI is InChI=1S/C11H10N4OS/c12-9-8(10(16)15-11(17)14-9)13-6-7-4-2-1-3-5-7/h1-6H,(H4,12,14,15,16,17)/b13-6+. The number of aliphatic imine (C=N–C) groups is 1. The summed E-state index contributed by atoms with van der Waals surface area (Å²) >= 11 is 3.90. The first kappa shape index (κ1) is 11.4. The highest BCUT2D eigenvalue weighted by Gasteiger charge is 2.08. The normalized spacial score (nSPS) is 10.9. The summed E-state index contributed by atoms with van der Waals surface area (Å²) in [5.41, 5.74) is 6.65. The van der Waals surface area contributed by atoms with Gasteiger partial charge in [0.25, 0.3) is 0 Å². The maximum Gasteiger partial charge on any atom is 0.243 e. The van der Waals surface area contributed by atoms with Gasteiger partial charge in [-0.3, -0.25) is 0 Å². The van der Waals surface area contributed by atoms with Gasteiger partial charge in [0.1, 0.15) is 0 Å². The second kappa shape index (κ2) is 4.84. The van der Waals surface area contributed by atoms with Crippen LogP contribution in [0, 0.1) is 0 Å². The molecule has 0 saturated heterocycles. The maximum absolute atomic E-state index is 9.56. The molecular formula is C11H10N4OS. The van der Waals surface area contributed by atoms with E-state index in [9.17, 15) is 5.11 Å². The lowest BCUT2D eigenvalue weighted by Crippen LogP contribution is -1.94. The Bertz CT molecular complexity index is 534. The van der Waals surface area contributed by atoms with Gasteiger partial charge in [-0.05, 0) is 5.56 Å². The van der Waals surface area contributed by atoms with E-state index in [4.69, 9.17) is 5.73 Å². The zero-order valence-corrected chi connectivity index (χ0v) is 9.67. The zero-order valence-electron chi connectivity index (χ0n) is 8.78. The van der Waals surface area contributed by atoms with E-state index in [1.165, 1.54) is 0 Å². The van der Waals surface area contributed by atoms with Crippen LogP contribution in [0.25, 0.3) is 0 Å². The first-order valence-corrected chi connectivity index (χ1v) is 5.26. The summed E-state index contributed by atoms with van der Waals surface area (Å²) in [6.45, 7) is 0. The van der Waals surface area contributed by atoms with E-state index in [0.717, 1.165) is 5.56 Å². The maximum atomic E-state index is 9.56. The first-order chi connectivity index (χ1) is 8.16. The fraction of sp³-hybridized carbons (Fsp3) is 0. The molecule has 0 saturated carbocycles. The molecule has 0 aliphatic carbocycles. The van der Waals surface area contributed by atoms with Gasteiger partial charge in [-0.2, -0.15) is 4.98 Å². The monoisotopic (exact) mass is 246 g/mol. The number of thiol groups is 1. The lowest BCUT2D eigenvalue weighted by molar-refractivity contribution is 0.448. The molecule has 0 amide bonds. The van der Waals surface area contributed by atoms with Crippen molar-refractivity contribution in [2.75, 3.05) is 5.73 Å². The summed E-state index contributed by atoms with van der Waals surface area (Å²) in [7, 11) is 0. The Labute approximate surface area is 103 Å². The molecule has 2 rings (SSSR count). The number of aromatic hydroxyl groups is 1. The van der Waals surface area contributed by atoms with Gasteiger partial charge in [-0.1, -0.05) is 30.3 Å². The van der Waals surface area contributed by atoms with E-state index < -0.39 is 0 Å². The smallest absolute Gasteiger partial charge is 0.243 e. The molecule has 5 nitrogen and oxygen atoms in total.